The van der Waals surface area contributed by atoms with Crippen molar-refractivity contribution < 1.29 is 0 Å². The summed E-state index contributed by atoms with van der Waals surface area (Å²) in [6, 6.07) is 1.11. The van der Waals surface area contributed by atoms with Crippen LogP contribution in [0.2, 0.25) is 0 Å². The third kappa shape index (κ3) is 2.68. The minimum absolute atomic E-state index is 0.434. The van der Waals surface area contributed by atoms with Gasteiger partial charge in [-0.15, -0.1) is 0 Å². The highest BCUT2D eigenvalue weighted by Gasteiger charge is 2.35. The maximum absolute atomic E-state index is 5.36. The van der Waals surface area contributed by atoms with Gasteiger partial charge in [-0.05, 0) is 41.7 Å². The topological polar surface area (TPSA) is 79.1 Å². The fourth-order valence-electron chi connectivity index (χ4n) is 3.13. The highest BCUT2D eigenvalue weighted by molar-refractivity contribution is 9.10. The molecule has 19 heavy (non-hydrogen) atoms. The van der Waals surface area contributed by atoms with Crippen molar-refractivity contribution in [3.05, 3.63) is 10.7 Å². The van der Waals surface area contributed by atoms with Crippen molar-refractivity contribution in [2.75, 3.05) is 23.8 Å². The standard InChI is InChI=1S/C12H19BrN6/c13-8-7-15-12(18-14)17-11(8)16-9-4-6-19-5-2-1-3-10(9)19/h7,9-10H,1-6,14H2,(H2,15,16,17,18). The molecule has 2 atom stereocenters. The van der Waals surface area contributed by atoms with Gasteiger partial charge in [0, 0.05) is 24.8 Å². The summed E-state index contributed by atoms with van der Waals surface area (Å²) in [5, 5.41) is 3.55. The molecule has 1 aromatic heterocycles. The first kappa shape index (κ1) is 13.1. The Hall–Kier alpha value is -0.920. The van der Waals surface area contributed by atoms with E-state index in [9.17, 15) is 0 Å². The number of piperidine rings is 1. The lowest BCUT2D eigenvalue weighted by Gasteiger charge is -2.32. The second kappa shape index (κ2) is 5.60. The molecular formula is C12H19BrN6. The Morgan fingerprint density at radius 1 is 1.32 bits per heavy atom. The molecule has 2 fully saturated rings. The van der Waals surface area contributed by atoms with Gasteiger partial charge in [-0.25, -0.2) is 10.8 Å². The SMILES string of the molecule is NNc1ncc(Br)c(NC2CCN3CCCCC23)n1. The Bertz CT molecular complexity index is 454. The van der Waals surface area contributed by atoms with Gasteiger partial charge in [-0.3, -0.25) is 10.3 Å². The summed E-state index contributed by atoms with van der Waals surface area (Å²) in [6.45, 7) is 2.43. The summed E-state index contributed by atoms with van der Waals surface area (Å²) >= 11 is 3.49. The monoisotopic (exact) mass is 326 g/mol. The minimum Gasteiger partial charge on any atom is -0.365 e. The van der Waals surface area contributed by atoms with E-state index in [1.54, 1.807) is 6.20 Å². The Morgan fingerprint density at radius 3 is 3.05 bits per heavy atom. The van der Waals surface area contributed by atoms with Crippen molar-refractivity contribution in [1.29, 1.82) is 0 Å². The van der Waals surface area contributed by atoms with E-state index in [1.165, 1.54) is 38.8 Å². The second-order valence-electron chi connectivity index (χ2n) is 5.17. The maximum Gasteiger partial charge on any atom is 0.239 e. The number of halogens is 1. The number of nitrogens with zero attached hydrogens (tertiary/aromatic N) is 3. The number of hydrogen-bond acceptors (Lipinski definition) is 6. The van der Waals surface area contributed by atoms with Crippen LogP contribution in [0, 0.1) is 0 Å². The van der Waals surface area contributed by atoms with E-state index in [1.807, 2.05) is 0 Å². The van der Waals surface area contributed by atoms with Gasteiger partial charge < -0.3 is 5.32 Å². The van der Waals surface area contributed by atoms with E-state index in [0.29, 0.717) is 18.0 Å². The average molecular weight is 327 g/mol. The highest BCUT2D eigenvalue weighted by atomic mass is 79.9. The van der Waals surface area contributed by atoms with Crippen LogP contribution in [0.5, 0.6) is 0 Å². The van der Waals surface area contributed by atoms with Crippen molar-refractivity contribution in [3.63, 3.8) is 0 Å². The van der Waals surface area contributed by atoms with Crippen LogP contribution in [0.25, 0.3) is 0 Å². The molecule has 104 valence electrons. The van der Waals surface area contributed by atoms with Crippen LogP contribution in [0.1, 0.15) is 25.7 Å². The number of fused-ring (bicyclic) bond motifs is 1. The Kier molecular flexibility index (Phi) is 3.86. The van der Waals surface area contributed by atoms with Gasteiger partial charge in [0.15, 0.2) is 0 Å². The molecule has 6 nitrogen and oxygen atoms in total. The van der Waals surface area contributed by atoms with Crippen LogP contribution in [-0.4, -0.2) is 40.0 Å². The van der Waals surface area contributed by atoms with Crippen molar-refractivity contribution in [2.45, 2.75) is 37.8 Å². The van der Waals surface area contributed by atoms with Crippen LogP contribution in [0.4, 0.5) is 11.8 Å². The predicted molar refractivity (Wildman–Crippen MR) is 78.8 cm³/mol. The lowest BCUT2D eigenvalue weighted by atomic mass is 9.99. The van der Waals surface area contributed by atoms with Crippen LogP contribution >= 0.6 is 15.9 Å². The van der Waals surface area contributed by atoms with Crippen LogP contribution in [0.15, 0.2) is 10.7 Å². The molecule has 2 aliphatic rings. The van der Waals surface area contributed by atoms with Crippen molar-refractivity contribution in [3.8, 4) is 0 Å². The normalized spacial score (nSPS) is 27.1. The van der Waals surface area contributed by atoms with E-state index in [-0.39, 0.29) is 0 Å². The third-order valence-corrected chi connectivity index (χ3v) is 4.63. The fraction of sp³-hybridized carbons (Fsp3) is 0.667. The molecule has 2 saturated heterocycles. The molecule has 7 heteroatoms. The first-order valence-electron chi connectivity index (χ1n) is 6.77. The van der Waals surface area contributed by atoms with Gasteiger partial charge in [-0.2, -0.15) is 4.98 Å². The number of rotatable bonds is 3. The molecule has 2 unspecified atom stereocenters. The quantitative estimate of drug-likeness (QED) is 0.578. The van der Waals surface area contributed by atoms with Crippen LogP contribution < -0.4 is 16.6 Å². The highest BCUT2D eigenvalue weighted by Crippen LogP contribution is 2.30. The molecular weight excluding hydrogens is 308 g/mol. The lowest BCUT2D eigenvalue weighted by molar-refractivity contribution is 0.192. The van der Waals surface area contributed by atoms with Gasteiger partial charge in [0.2, 0.25) is 5.95 Å². The fourth-order valence-corrected chi connectivity index (χ4v) is 3.43. The second-order valence-corrected chi connectivity index (χ2v) is 6.03. The molecule has 0 aliphatic carbocycles. The first-order valence-corrected chi connectivity index (χ1v) is 7.57. The number of anilines is 2. The number of hydrazine groups is 1. The molecule has 3 rings (SSSR count). The molecule has 0 amide bonds. The number of aromatic nitrogens is 2. The average Bonchev–Trinajstić information content (AvgIpc) is 2.85. The van der Waals surface area contributed by atoms with E-state index < -0.39 is 0 Å². The number of nitrogen functional groups attached to an aromatic ring is 1. The van der Waals surface area contributed by atoms with Gasteiger partial charge in [-0.1, -0.05) is 6.42 Å². The van der Waals surface area contributed by atoms with E-state index >= 15 is 0 Å². The Balaban J connectivity index is 1.74. The number of hydrogen-bond donors (Lipinski definition) is 3. The van der Waals surface area contributed by atoms with Gasteiger partial charge in [0.1, 0.15) is 5.82 Å². The third-order valence-electron chi connectivity index (χ3n) is 4.05. The predicted octanol–water partition coefficient (Wildman–Crippen LogP) is 1.56. The minimum atomic E-state index is 0.434. The van der Waals surface area contributed by atoms with E-state index in [0.717, 1.165) is 10.3 Å². The van der Waals surface area contributed by atoms with Crippen molar-refractivity contribution in [2.24, 2.45) is 5.84 Å². The van der Waals surface area contributed by atoms with Gasteiger partial charge in [0.05, 0.1) is 4.47 Å². The summed E-state index contributed by atoms with van der Waals surface area (Å²) in [6.07, 6.45) is 6.84. The number of nitrogens with two attached hydrogens (primary N) is 1. The molecule has 0 radical (unpaired) electrons. The lowest BCUT2D eigenvalue weighted by Crippen LogP contribution is -2.41. The molecule has 0 aromatic carbocycles. The summed E-state index contributed by atoms with van der Waals surface area (Å²) < 4.78 is 0.876. The number of nitrogens with one attached hydrogen (secondary N) is 2. The van der Waals surface area contributed by atoms with Crippen LogP contribution in [-0.2, 0) is 0 Å². The van der Waals surface area contributed by atoms with Gasteiger partial charge >= 0.3 is 0 Å². The zero-order valence-electron chi connectivity index (χ0n) is 10.8. The molecule has 2 aliphatic heterocycles. The first-order chi connectivity index (χ1) is 9.28. The largest absolute Gasteiger partial charge is 0.365 e. The summed E-state index contributed by atoms with van der Waals surface area (Å²) in [4.78, 5) is 11.0. The molecule has 1 aromatic rings. The van der Waals surface area contributed by atoms with E-state index in [4.69, 9.17) is 5.84 Å². The molecule has 0 saturated carbocycles. The summed E-state index contributed by atoms with van der Waals surface area (Å²) in [5.74, 6) is 6.61. The zero-order valence-corrected chi connectivity index (χ0v) is 12.4. The molecule has 4 N–H and O–H groups in total. The Morgan fingerprint density at radius 2 is 2.21 bits per heavy atom. The van der Waals surface area contributed by atoms with Crippen molar-refractivity contribution >= 4 is 27.7 Å². The van der Waals surface area contributed by atoms with Crippen LogP contribution in [0.3, 0.4) is 0 Å². The van der Waals surface area contributed by atoms with E-state index in [2.05, 4.69) is 41.5 Å². The molecule has 0 bridgehead atoms. The smallest absolute Gasteiger partial charge is 0.239 e. The summed E-state index contributed by atoms with van der Waals surface area (Å²) in [7, 11) is 0. The Labute approximate surface area is 121 Å². The van der Waals surface area contributed by atoms with Gasteiger partial charge in [0.25, 0.3) is 0 Å². The maximum atomic E-state index is 5.36. The molecule has 0 spiro atoms. The molecule has 3 heterocycles. The summed E-state index contributed by atoms with van der Waals surface area (Å²) in [5.41, 5.74) is 2.48. The van der Waals surface area contributed by atoms with Crippen molar-refractivity contribution in [1.82, 2.24) is 14.9 Å². The zero-order chi connectivity index (χ0) is 13.2.